The summed E-state index contributed by atoms with van der Waals surface area (Å²) in [5.41, 5.74) is 9.26. The molecule has 0 spiro atoms. The Kier molecular flexibility index (Phi) is 3.23. The molecule has 6 nitrogen and oxygen atoms in total. The van der Waals surface area contributed by atoms with Gasteiger partial charge in [-0.15, -0.1) is 0 Å². The van der Waals surface area contributed by atoms with Crippen LogP contribution in [-0.4, -0.2) is 26.8 Å². The summed E-state index contributed by atoms with van der Waals surface area (Å²) in [5, 5.41) is 15.4. The van der Waals surface area contributed by atoms with Gasteiger partial charge in [-0.1, -0.05) is 30.3 Å². The van der Waals surface area contributed by atoms with Crippen molar-refractivity contribution < 1.29 is 9.84 Å². The van der Waals surface area contributed by atoms with Crippen LogP contribution in [0.15, 0.2) is 48.5 Å². The number of nitrogens with zero attached hydrogens (tertiary/aromatic N) is 3. The van der Waals surface area contributed by atoms with Crippen molar-refractivity contribution in [2.45, 2.75) is 6.42 Å². The van der Waals surface area contributed by atoms with Crippen molar-refractivity contribution in [3.63, 3.8) is 0 Å². The van der Waals surface area contributed by atoms with Crippen molar-refractivity contribution in [2.75, 3.05) is 12.8 Å². The molecule has 0 radical (unpaired) electrons. The Morgan fingerprint density at radius 1 is 1.17 bits per heavy atom. The smallest absolute Gasteiger partial charge is 0.222 e. The highest BCUT2D eigenvalue weighted by Crippen LogP contribution is 2.29. The van der Waals surface area contributed by atoms with Gasteiger partial charge in [0.25, 0.3) is 0 Å². The quantitative estimate of drug-likeness (QED) is 0.606. The molecule has 2 aromatic carbocycles. The highest BCUT2D eigenvalue weighted by molar-refractivity contribution is 5.97. The molecule has 2 aromatic heterocycles. The van der Waals surface area contributed by atoms with Crippen molar-refractivity contribution in [3.05, 3.63) is 59.8 Å². The first-order chi connectivity index (χ1) is 11.7. The van der Waals surface area contributed by atoms with Crippen LogP contribution >= 0.6 is 0 Å². The second-order valence-electron chi connectivity index (χ2n) is 5.56. The second kappa shape index (κ2) is 5.42. The van der Waals surface area contributed by atoms with Crippen LogP contribution in [0, 0.1) is 0 Å². The van der Waals surface area contributed by atoms with Gasteiger partial charge in [-0.2, -0.15) is 9.61 Å². The Bertz CT molecular complexity index is 1060. The summed E-state index contributed by atoms with van der Waals surface area (Å²) in [6, 6.07) is 14.9. The normalized spacial score (nSPS) is 11.2. The van der Waals surface area contributed by atoms with Gasteiger partial charge in [-0.05, 0) is 23.8 Å². The van der Waals surface area contributed by atoms with Gasteiger partial charge in [0.05, 0.1) is 18.3 Å². The van der Waals surface area contributed by atoms with E-state index in [0.717, 1.165) is 22.2 Å². The highest BCUT2D eigenvalue weighted by atomic mass is 16.5. The number of hydrogen-bond acceptors (Lipinski definition) is 5. The van der Waals surface area contributed by atoms with E-state index in [1.165, 1.54) is 0 Å². The molecule has 0 unspecified atom stereocenters. The van der Waals surface area contributed by atoms with Crippen molar-refractivity contribution in [2.24, 2.45) is 0 Å². The number of hydrogen-bond donors (Lipinski definition) is 2. The van der Waals surface area contributed by atoms with Crippen LogP contribution in [0.2, 0.25) is 0 Å². The predicted molar refractivity (Wildman–Crippen MR) is 92.4 cm³/mol. The third-order valence-corrected chi connectivity index (χ3v) is 4.06. The van der Waals surface area contributed by atoms with Gasteiger partial charge >= 0.3 is 0 Å². The minimum atomic E-state index is 0.257. The summed E-state index contributed by atoms with van der Waals surface area (Å²) in [5.74, 6) is 1.22. The van der Waals surface area contributed by atoms with E-state index < -0.39 is 0 Å². The molecule has 0 saturated heterocycles. The summed E-state index contributed by atoms with van der Waals surface area (Å²) in [6.45, 7) is 0. The standard InChI is InChI=1S/C18H16N4O2/c1-24-16-8-4-6-13-14-10-12(9-11-5-2-3-7-15(11)23)21-22(14)18(19)20-17(13)16/h2-8,10,23H,9H2,1H3,(H2,19,20). The van der Waals surface area contributed by atoms with Crippen LogP contribution in [0.25, 0.3) is 16.4 Å². The van der Waals surface area contributed by atoms with E-state index in [-0.39, 0.29) is 5.75 Å². The van der Waals surface area contributed by atoms with E-state index in [1.54, 1.807) is 23.8 Å². The zero-order chi connectivity index (χ0) is 16.7. The molecule has 120 valence electrons. The van der Waals surface area contributed by atoms with Crippen molar-refractivity contribution in [1.29, 1.82) is 0 Å². The maximum absolute atomic E-state index is 9.95. The number of aromatic nitrogens is 3. The van der Waals surface area contributed by atoms with Crippen LogP contribution in [-0.2, 0) is 6.42 Å². The lowest BCUT2D eigenvalue weighted by molar-refractivity contribution is 0.419. The fourth-order valence-corrected chi connectivity index (χ4v) is 2.91. The largest absolute Gasteiger partial charge is 0.508 e. The number of benzene rings is 2. The van der Waals surface area contributed by atoms with Crippen molar-refractivity contribution in [3.8, 4) is 11.5 Å². The maximum Gasteiger partial charge on any atom is 0.222 e. The number of methoxy groups -OCH3 is 1. The van der Waals surface area contributed by atoms with Crippen LogP contribution in [0.4, 0.5) is 5.95 Å². The molecule has 4 aromatic rings. The van der Waals surface area contributed by atoms with E-state index in [1.807, 2.05) is 36.4 Å². The lowest BCUT2D eigenvalue weighted by atomic mass is 10.1. The lowest BCUT2D eigenvalue weighted by Crippen LogP contribution is -2.03. The third-order valence-electron chi connectivity index (χ3n) is 4.06. The molecule has 0 aliphatic carbocycles. The first kappa shape index (κ1) is 14.3. The van der Waals surface area contributed by atoms with Gasteiger partial charge in [0.2, 0.25) is 5.95 Å². The van der Waals surface area contributed by atoms with Crippen LogP contribution in [0.5, 0.6) is 11.5 Å². The molecule has 0 bridgehead atoms. The number of rotatable bonds is 3. The predicted octanol–water partition coefficient (Wildman–Crippen LogP) is 2.77. The summed E-state index contributed by atoms with van der Waals surface area (Å²) in [6.07, 6.45) is 0.513. The number of nitrogen functional groups attached to an aromatic ring is 1. The average molecular weight is 320 g/mol. The fraction of sp³-hybridized carbons (Fsp3) is 0.111. The van der Waals surface area contributed by atoms with E-state index >= 15 is 0 Å². The van der Waals surface area contributed by atoms with Gasteiger partial charge in [0.1, 0.15) is 17.0 Å². The van der Waals surface area contributed by atoms with Crippen LogP contribution < -0.4 is 10.5 Å². The molecule has 3 N–H and O–H groups in total. The molecule has 0 aliphatic heterocycles. The lowest BCUT2D eigenvalue weighted by Gasteiger charge is -2.07. The van der Waals surface area contributed by atoms with Gasteiger partial charge in [0.15, 0.2) is 0 Å². The summed E-state index contributed by atoms with van der Waals surface area (Å²) in [4.78, 5) is 4.42. The van der Waals surface area contributed by atoms with Gasteiger partial charge < -0.3 is 15.6 Å². The Labute approximate surface area is 138 Å². The first-order valence-corrected chi connectivity index (χ1v) is 7.55. The SMILES string of the molecule is COc1cccc2c1nc(N)n1nc(Cc3ccccc3O)cc21. The number of nitrogens with two attached hydrogens (primary N) is 1. The van der Waals surface area contributed by atoms with Crippen LogP contribution in [0.3, 0.4) is 0 Å². The summed E-state index contributed by atoms with van der Waals surface area (Å²) < 4.78 is 6.99. The summed E-state index contributed by atoms with van der Waals surface area (Å²) in [7, 11) is 1.61. The Morgan fingerprint density at radius 3 is 2.79 bits per heavy atom. The number of ether oxygens (including phenoxy) is 1. The number of phenolic OH excluding ortho intramolecular Hbond substituents is 1. The molecule has 0 fully saturated rings. The van der Waals surface area contributed by atoms with E-state index in [4.69, 9.17) is 10.5 Å². The summed E-state index contributed by atoms with van der Waals surface area (Å²) >= 11 is 0. The minimum absolute atomic E-state index is 0.257. The van der Waals surface area contributed by atoms with Crippen molar-refractivity contribution >= 4 is 22.4 Å². The Hall–Kier alpha value is -3.28. The van der Waals surface area contributed by atoms with E-state index in [2.05, 4.69) is 10.1 Å². The van der Waals surface area contributed by atoms with Crippen LogP contribution in [0.1, 0.15) is 11.3 Å². The molecule has 4 rings (SSSR count). The van der Waals surface area contributed by atoms with Gasteiger partial charge in [-0.3, -0.25) is 0 Å². The second-order valence-corrected chi connectivity index (χ2v) is 5.56. The van der Waals surface area contributed by atoms with E-state index in [9.17, 15) is 5.11 Å². The molecule has 6 heteroatoms. The molecule has 2 heterocycles. The highest BCUT2D eigenvalue weighted by Gasteiger charge is 2.13. The topological polar surface area (TPSA) is 85.7 Å². The number of fused-ring (bicyclic) bond motifs is 3. The van der Waals surface area contributed by atoms with Gasteiger partial charge in [0, 0.05) is 11.8 Å². The number of aromatic hydroxyl groups is 1. The maximum atomic E-state index is 9.95. The number of phenols is 1. The van der Waals surface area contributed by atoms with Crippen molar-refractivity contribution in [1.82, 2.24) is 14.6 Å². The first-order valence-electron chi connectivity index (χ1n) is 7.55. The zero-order valence-corrected chi connectivity index (χ0v) is 13.1. The zero-order valence-electron chi connectivity index (χ0n) is 13.1. The van der Waals surface area contributed by atoms with Gasteiger partial charge in [-0.25, -0.2) is 4.98 Å². The Balaban J connectivity index is 1.90. The Morgan fingerprint density at radius 2 is 2.00 bits per heavy atom. The monoisotopic (exact) mass is 320 g/mol. The third kappa shape index (κ3) is 2.20. The minimum Gasteiger partial charge on any atom is -0.508 e. The molecule has 24 heavy (non-hydrogen) atoms. The molecule has 0 amide bonds. The molecular weight excluding hydrogens is 304 g/mol. The number of para-hydroxylation sites is 2. The average Bonchev–Trinajstić information content (AvgIpc) is 3.01. The molecular formula is C18H16N4O2. The van der Waals surface area contributed by atoms with E-state index in [0.29, 0.717) is 23.6 Å². The molecule has 0 saturated carbocycles. The number of anilines is 1. The fourth-order valence-electron chi connectivity index (χ4n) is 2.91. The molecule has 0 aliphatic rings. The molecule has 0 atom stereocenters.